The summed E-state index contributed by atoms with van der Waals surface area (Å²) in [5.74, 6) is 1.12. The van der Waals surface area contributed by atoms with Crippen molar-refractivity contribution in [2.24, 2.45) is 0 Å². The van der Waals surface area contributed by atoms with E-state index in [-0.39, 0.29) is 17.5 Å². The van der Waals surface area contributed by atoms with Crippen LogP contribution in [0.1, 0.15) is 12.5 Å². The topological polar surface area (TPSA) is 87.2 Å². The fraction of sp³-hybridized carbons (Fsp3) is 0.357. The molecule has 1 unspecified atom stereocenters. The Bertz CT molecular complexity index is 750. The van der Waals surface area contributed by atoms with Crippen molar-refractivity contribution in [1.29, 1.82) is 0 Å². The van der Waals surface area contributed by atoms with E-state index >= 15 is 0 Å². The Morgan fingerprint density at radius 2 is 2.05 bits per heavy atom. The van der Waals surface area contributed by atoms with E-state index in [0.29, 0.717) is 17.8 Å². The molecular weight excluding hydrogens is 290 g/mol. The third-order valence-corrected chi connectivity index (χ3v) is 5.46. The van der Waals surface area contributed by atoms with Gasteiger partial charge in [0.25, 0.3) is 0 Å². The Balaban J connectivity index is 1.90. The largest absolute Gasteiger partial charge is 0.497 e. The summed E-state index contributed by atoms with van der Waals surface area (Å²) in [7, 11) is -1.33. The second-order valence-electron chi connectivity index (χ2n) is 5.20. The molecule has 0 aliphatic carbocycles. The minimum atomic E-state index is -2.94. The quantitative estimate of drug-likeness (QED) is 0.928. The number of rotatable bonds is 3. The second kappa shape index (κ2) is 5.07. The number of benzene rings is 1. The molecule has 1 aromatic carbocycles. The molecule has 21 heavy (non-hydrogen) atoms. The first kappa shape index (κ1) is 13.9. The van der Waals surface area contributed by atoms with Gasteiger partial charge in [-0.05, 0) is 30.7 Å². The van der Waals surface area contributed by atoms with Gasteiger partial charge in [-0.2, -0.15) is 5.10 Å². The first-order chi connectivity index (χ1) is 9.98. The van der Waals surface area contributed by atoms with E-state index in [0.717, 1.165) is 11.3 Å². The standard InChI is InChI=1S/C14H17N3O3S/c1-20-12-4-2-10(3-5-12)14-13(15)8-17(16-14)11-6-7-21(18,19)9-11/h2-5,8,11H,6-7,9,15H2,1H3. The number of hydrogen-bond donors (Lipinski definition) is 1. The van der Waals surface area contributed by atoms with Crippen LogP contribution in [0.15, 0.2) is 30.5 Å². The number of nitrogen functional groups attached to an aromatic ring is 1. The van der Waals surface area contributed by atoms with Crippen molar-refractivity contribution in [3.63, 3.8) is 0 Å². The van der Waals surface area contributed by atoms with Crippen LogP contribution in [0.25, 0.3) is 11.3 Å². The van der Waals surface area contributed by atoms with Crippen molar-refractivity contribution < 1.29 is 13.2 Å². The van der Waals surface area contributed by atoms with Crippen LogP contribution in [0, 0.1) is 0 Å². The summed E-state index contributed by atoms with van der Waals surface area (Å²) < 4.78 is 29.9. The third-order valence-electron chi connectivity index (χ3n) is 3.71. The smallest absolute Gasteiger partial charge is 0.152 e. The van der Waals surface area contributed by atoms with Crippen molar-refractivity contribution >= 4 is 15.5 Å². The number of nitrogens with two attached hydrogens (primary N) is 1. The molecule has 1 aromatic heterocycles. The molecule has 0 radical (unpaired) electrons. The van der Waals surface area contributed by atoms with Crippen LogP contribution in [0.4, 0.5) is 5.69 Å². The van der Waals surface area contributed by atoms with Gasteiger partial charge in [0.2, 0.25) is 0 Å². The number of methoxy groups -OCH3 is 1. The summed E-state index contributed by atoms with van der Waals surface area (Å²) >= 11 is 0. The zero-order valence-corrected chi connectivity index (χ0v) is 12.5. The SMILES string of the molecule is COc1ccc(-c2nn(C3CCS(=O)(=O)C3)cc2N)cc1. The lowest BCUT2D eigenvalue weighted by Gasteiger charge is -2.07. The molecule has 2 aromatic rings. The molecular formula is C14H17N3O3S. The van der Waals surface area contributed by atoms with Gasteiger partial charge in [-0.3, -0.25) is 4.68 Å². The zero-order valence-electron chi connectivity index (χ0n) is 11.7. The number of nitrogens with zero attached hydrogens (tertiary/aromatic N) is 2. The summed E-state index contributed by atoms with van der Waals surface area (Å²) in [5, 5.41) is 4.47. The highest BCUT2D eigenvalue weighted by Crippen LogP contribution is 2.30. The number of sulfone groups is 1. The molecule has 1 aliphatic heterocycles. The van der Waals surface area contributed by atoms with Crippen LogP contribution in [-0.4, -0.2) is 36.8 Å². The maximum atomic E-state index is 11.6. The number of ether oxygens (including phenoxy) is 1. The normalized spacial score (nSPS) is 20.5. The van der Waals surface area contributed by atoms with Crippen molar-refractivity contribution in [1.82, 2.24) is 9.78 Å². The van der Waals surface area contributed by atoms with Gasteiger partial charge in [-0.15, -0.1) is 0 Å². The average Bonchev–Trinajstić information content (AvgIpc) is 3.02. The lowest BCUT2D eigenvalue weighted by molar-refractivity contribution is 0.415. The van der Waals surface area contributed by atoms with Crippen molar-refractivity contribution in [3.05, 3.63) is 30.5 Å². The van der Waals surface area contributed by atoms with Gasteiger partial charge in [-0.1, -0.05) is 0 Å². The minimum absolute atomic E-state index is 0.121. The fourth-order valence-electron chi connectivity index (χ4n) is 2.55. The second-order valence-corrected chi connectivity index (χ2v) is 7.43. The van der Waals surface area contributed by atoms with Crippen molar-refractivity contribution in [2.45, 2.75) is 12.5 Å². The highest BCUT2D eigenvalue weighted by Gasteiger charge is 2.30. The fourth-order valence-corrected chi connectivity index (χ4v) is 4.25. The lowest BCUT2D eigenvalue weighted by Crippen LogP contribution is -2.11. The molecule has 1 atom stereocenters. The predicted octanol–water partition coefficient (Wildman–Crippen LogP) is 1.50. The summed E-state index contributed by atoms with van der Waals surface area (Å²) in [4.78, 5) is 0. The Hall–Kier alpha value is -2.02. The van der Waals surface area contributed by atoms with E-state index in [2.05, 4.69) is 5.10 Å². The van der Waals surface area contributed by atoms with E-state index in [9.17, 15) is 8.42 Å². The van der Waals surface area contributed by atoms with Crippen LogP contribution in [-0.2, 0) is 9.84 Å². The summed E-state index contributed by atoms with van der Waals surface area (Å²) in [5.41, 5.74) is 8.11. The number of hydrogen-bond acceptors (Lipinski definition) is 5. The maximum Gasteiger partial charge on any atom is 0.152 e. The molecule has 1 fully saturated rings. The lowest BCUT2D eigenvalue weighted by atomic mass is 10.1. The molecule has 3 rings (SSSR count). The van der Waals surface area contributed by atoms with Gasteiger partial charge in [0.15, 0.2) is 9.84 Å². The van der Waals surface area contributed by atoms with Gasteiger partial charge in [0, 0.05) is 11.8 Å². The Morgan fingerprint density at radius 3 is 2.62 bits per heavy atom. The van der Waals surface area contributed by atoms with E-state index in [1.807, 2.05) is 24.3 Å². The molecule has 2 heterocycles. The van der Waals surface area contributed by atoms with E-state index in [4.69, 9.17) is 10.5 Å². The number of aromatic nitrogens is 2. The molecule has 2 N–H and O–H groups in total. The van der Waals surface area contributed by atoms with Gasteiger partial charge < -0.3 is 10.5 Å². The monoisotopic (exact) mass is 307 g/mol. The Kier molecular flexibility index (Phi) is 3.36. The summed E-state index contributed by atoms with van der Waals surface area (Å²) in [6.45, 7) is 0. The van der Waals surface area contributed by atoms with Crippen LogP contribution < -0.4 is 10.5 Å². The minimum Gasteiger partial charge on any atom is -0.497 e. The Morgan fingerprint density at radius 1 is 1.33 bits per heavy atom. The van der Waals surface area contributed by atoms with Crippen LogP contribution in [0.5, 0.6) is 5.75 Å². The van der Waals surface area contributed by atoms with E-state index < -0.39 is 9.84 Å². The molecule has 0 amide bonds. The van der Waals surface area contributed by atoms with E-state index in [1.54, 1.807) is 18.0 Å². The number of anilines is 1. The first-order valence-electron chi connectivity index (χ1n) is 6.68. The molecule has 0 spiro atoms. The van der Waals surface area contributed by atoms with Gasteiger partial charge >= 0.3 is 0 Å². The molecule has 0 bridgehead atoms. The molecule has 112 valence electrons. The highest BCUT2D eigenvalue weighted by atomic mass is 32.2. The van der Waals surface area contributed by atoms with Gasteiger partial charge in [0.1, 0.15) is 11.4 Å². The average molecular weight is 307 g/mol. The third kappa shape index (κ3) is 2.73. The predicted molar refractivity (Wildman–Crippen MR) is 80.9 cm³/mol. The summed E-state index contributed by atoms with van der Waals surface area (Å²) in [6, 6.07) is 7.33. The Labute approximate surface area is 123 Å². The van der Waals surface area contributed by atoms with Crippen molar-refractivity contribution in [2.75, 3.05) is 24.3 Å². The zero-order chi connectivity index (χ0) is 15.0. The highest BCUT2D eigenvalue weighted by molar-refractivity contribution is 7.91. The van der Waals surface area contributed by atoms with Crippen LogP contribution >= 0.6 is 0 Å². The van der Waals surface area contributed by atoms with Gasteiger partial charge in [0.05, 0.1) is 30.3 Å². The molecule has 7 heteroatoms. The maximum absolute atomic E-state index is 11.6. The molecule has 1 saturated heterocycles. The van der Waals surface area contributed by atoms with Crippen LogP contribution in [0.2, 0.25) is 0 Å². The van der Waals surface area contributed by atoms with Crippen LogP contribution in [0.3, 0.4) is 0 Å². The molecule has 1 aliphatic rings. The van der Waals surface area contributed by atoms with Gasteiger partial charge in [-0.25, -0.2) is 8.42 Å². The molecule has 0 saturated carbocycles. The summed E-state index contributed by atoms with van der Waals surface area (Å²) in [6.07, 6.45) is 2.30. The van der Waals surface area contributed by atoms with Crippen molar-refractivity contribution in [3.8, 4) is 17.0 Å². The molecule has 6 nitrogen and oxygen atoms in total. The van der Waals surface area contributed by atoms with E-state index in [1.165, 1.54) is 0 Å². The first-order valence-corrected chi connectivity index (χ1v) is 8.50.